The summed E-state index contributed by atoms with van der Waals surface area (Å²) in [5, 5.41) is 12.2. The highest BCUT2D eigenvalue weighted by Gasteiger charge is 2.14. The normalized spacial score (nSPS) is 12.5. The average molecular weight is 240 g/mol. The predicted molar refractivity (Wildman–Crippen MR) is 63.5 cm³/mol. The number of aromatic hydroxyl groups is 1. The van der Waals surface area contributed by atoms with E-state index in [1.54, 1.807) is 0 Å². The van der Waals surface area contributed by atoms with E-state index in [4.69, 9.17) is 0 Å². The van der Waals surface area contributed by atoms with Crippen LogP contribution in [0.25, 0.3) is 0 Å². The molecule has 0 bridgehead atoms. The van der Waals surface area contributed by atoms with Crippen LogP contribution in [0.3, 0.4) is 0 Å². The van der Waals surface area contributed by atoms with Crippen molar-refractivity contribution in [1.82, 2.24) is 10.2 Å². The summed E-state index contributed by atoms with van der Waals surface area (Å²) in [4.78, 5) is 13.7. The number of nitrogens with one attached hydrogen (secondary N) is 1. The molecule has 1 amide bonds. The van der Waals surface area contributed by atoms with Crippen LogP contribution < -0.4 is 5.32 Å². The van der Waals surface area contributed by atoms with E-state index in [0.717, 1.165) is 12.1 Å². The molecular formula is C12H17FN2O2. The fourth-order valence-corrected chi connectivity index (χ4v) is 1.59. The number of amides is 1. The number of phenolic OH excluding ortho intramolecular Hbond substituents is 1. The van der Waals surface area contributed by atoms with E-state index >= 15 is 0 Å². The molecule has 1 aromatic rings. The molecule has 0 aliphatic heterocycles. The Kier molecular flexibility index (Phi) is 4.45. The van der Waals surface area contributed by atoms with Crippen molar-refractivity contribution in [3.63, 3.8) is 0 Å². The lowest BCUT2D eigenvalue weighted by Crippen LogP contribution is -2.39. The quantitative estimate of drug-likeness (QED) is 0.831. The largest absolute Gasteiger partial charge is 0.507 e. The molecule has 1 atom stereocenters. The third-order valence-electron chi connectivity index (χ3n) is 2.22. The first-order chi connectivity index (χ1) is 7.90. The Morgan fingerprint density at radius 3 is 2.71 bits per heavy atom. The molecule has 0 radical (unpaired) electrons. The zero-order valence-electron chi connectivity index (χ0n) is 10.2. The maximum Gasteiger partial charge on any atom is 0.255 e. The lowest BCUT2D eigenvalue weighted by molar-refractivity contribution is 0.0931. The molecule has 0 aromatic heterocycles. The van der Waals surface area contributed by atoms with Crippen LogP contribution in [0, 0.1) is 5.82 Å². The SMILES string of the molecule is CC(CN(C)C)NC(=O)c1ccc(F)cc1O. The van der Waals surface area contributed by atoms with Crippen LogP contribution in [-0.4, -0.2) is 42.6 Å². The van der Waals surface area contributed by atoms with Gasteiger partial charge in [-0.05, 0) is 33.2 Å². The number of hydrogen-bond acceptors (Lipinski definition) is 3. The molecule has 4 nitrogen and oxygen atoms in total. The van der Waals surface area contributed by atoms with Gasteiger partial charge in [0.15, 0.2) is 0 Å². The second kappa shape index (κ2) is 5.63. The van der Waals surface area contributed by atoms with E-state index in [2.05, 4.69) is 5.32 Å². The smallest absolute Gasteiger partial charge is 0.255 e. The monoisotopic (exact) mass is 240 g/mol. The number of carbonyl (C=O) groups excluding carboxylic acids is 1. The fraction of sp³-hybridized carbons (Fsp3) is 0.417. The van der Waals surface area contributed by atoms with Crippen LogP contribution in [0.1, 0.15) is 17.3 Å². The van der Waals surface area contributed by atoms with Crippen molar-refractivity contribution in [2.75, 3.05) is 20.6 Å². The van der Waals surface area contributed by atoms with Gasteiger partial charge in [0.05, 0.1) is 5.56 Å². The Morgan fingerprint density at radius 1 is 1.53 bits per heavy atom. The molecule has 0 saturated heterocycles. The zero-order chi connectivity index (χ0) is 13.0. The second-order valence-corrected chi connectivity index (χ2v) is 4.30. The summed E-state index contributed by atoms with van der Waals surface area (Å²) >= 11 is 0. The average Bonchev–Trinajstić information content (AvgIpc) is 2.15. The van der Waals surface area contributed by atoms with Crippen molar-refractivity contribution < 1.29 is 14.3 Å². The summed E-state index contributed by atoms with van der Waals surface area (Å²) in [7, 11) is 3.80. The first-order valence-electron chi connectivity index (χ1n) is 5.34. The molecule has 0 aliphatic carbocycles. The summed E-state index contributed by atoms with van der Waals surface area (Å²) in [6.45, 7) is 2.55. The predicted octanol–water partition coefficient (Wildman–Crippen LogP) is 1.21. The molecule has 0 aliphatic rings. The Labute approximate surface area is 100 Å². The van der Waals surface area contributed by atoms with E-state index < -0.39 is 11.7 Å². The number of carbonyl (C=O) groups is 1. The number of hydrogen-bond donors (Lipinski definition) is 2. The molecule has 17 heavy (non-hydrogen) atoms. The molecule has 2 N–H and O–H groups in total. The first-order valence-corrected chi connectivity index (χ1v) is 5.34. The van der Waals surface area contributed by atoms with Crippen LogP contribution in [0.15, 0.2) is 18.2 Å². The molecule has 94 valence electrons. The molecule has 0 saturated carbocycles. The third-order valence-corrected chi connectivity index (χ3v) is 2.22. The van der Waals surface area contributed by atoms with Gasteiger partial charge in [-0.3, -0.25) is 4.79 Å². The second-order valence-electron chi connectivity index (χ2n) is 4.30. The fourth-order valence-electron chi connectivity index (χ4n) is 1.59. The maximum atomic E-state index is 12.7. The van der Waals surface area contributed by atoms with Gasteiger partial charge in [-0.2, -0.15) is 0 Å². The first kappa shape index (κ1) is 13.4. The number of benzene rings is 1. The minimum atomic E-state index is -0.569. The van der Waals surface area contributed by atoms with Gasteiger partial charge in [0.1, 0.15) is 11.6 Å². The van der Waals surface area contributed by atoms with Crippen LogP contribution in [0.5, 0.6) is 5.75 Å². The summed E-state index contributed by atoms with van der Waals surface area (Å²) in [5.74, 6) is -1.32. The van der Waals surface area contributed by atoms with E-state index in [1.165, 1.54) is 6.07 Å². The van der Waals surface area contributed by atoms with Crippen molar-refractivity contribution in [2.24, 2.45) is 0 Å². The minimum absolute atomic E-state index is 0.0537. The van der Waals surface area contributed by atoms with Gasteiger partial charge in [0.2, 0.25) is 0 Å². The molecule has 5 heteroatoms. The zero-order valence-corrected chi connectivity index (χ0v) is 10.2. The van der Waals surface area contributed by atoms with Gasteiger partial charge in [0, 0.05) is 18.7 Å². The number of nitrogens with zero attached hydrogens (tertiary/aromatic N) is 1. The van der Waals surface area contributed by atoms with E-state index in [0.29, 0.717) is 6.54 Å². The van der Waals surface area contributed by atoms with E-state index in [9.17, 15) is 14.3 Å². The van der Waals surface area contributed by atoms with Gasteiger partial charge < -0.3 is 15.3 Å². The number of phenols is 1. The standard InChI is InChI=1S/C12H17FN2O2/c1-8(7-15(2)3)14-12(17)10-5-4-9(13)6-11(10)16/h4-6,8,16H,7H2,1-3H3,(H,14,17). The molecule has 1 aromatic carbocycles. The van der Waals surface area contributed by atoms with Gasteiger partial charge in [-0.15, -0.1) is 0 Å². The maximum absolute atomic E-state index is 12.7. The molecule has 1 rings (SSSR count). The Bertz CT molecular complexity index is 407. The van der Waals surface area contributed by atoms with Gasteiger partial charge in [-0.25, -0.2) is 4.39 Å². The van der Waals surface area contributed by atoms with Crippen molar-refractivity contribution in [1.29, 1.82) is 0 Å². The summed E-state index contributed by atoms with van der Waals surface area (Å²) < 4.78 is 12.7. The van der Waals surface area contributed by atoms with Gasteiger partial charge in [-0.1, -0.05) is 0 Å². The summed E-state index contributed by atoms with van der Waals surface area (Å²) in [6.07, 6.45) is 0. The Balaban J connectivity index is 2.70. The highest BCUT2D eigenvalue weighted by molar-refractivity contribution is 5.96. The van der Waals surface area contributed by atoms with Crippen molar-refractivity contribution >= 4 is 5.91 Å². The molecule has 0 heterocycles. The topological polar surface area (TPSA) is 52.6 Å². The highest BCUT2D eigenvalue weighted by Crippen LogP contribution is 2.17. The molecule has 1 unspecified atom stereocenters. The van der Waals surface area contributed by atoms with Crippen molar-refractivity contribution in [3.8, 4) is 5.75 Å². The molecule has 0 spiro atoms. The van der Waals surface area contributed by atoms with Crippen molar-refractivity contribution in [2.45, 2.75) is 13.0 Å². The highest BCUT2D eigenvalue weighted by atomic mass is 19.1. The van der Waals surface area contributed by atoms with Crippen LogP contribution >= 0.6 is 0 Å². The third kappa shape index (κ3) is 4.03. The minimum Gasteiger partial charge on any atom is -0.507 e. The van der Waals surface area contributed by atoms with Crippen LogP contribution in [0.2, 0.25) is 0 Å². The molecular weight excluding hydrogens is 223 g/mol. The Hall–Kier alpha value is -1.62. The summed E-state index contributed by atoms with van der Waals surface area (Å²) in [6, 6.07) is 3.28. The summed E-state index contributed by atoms with van der Waals surface area (Å²) in [5.41, 5.74) is 0.0806. The lowest BCUT2D eigenvalue weighted by Gasteiger charge is -2.18. The number of likely N-dealkylation sites (N-methyl/N-ethyl adjacent to an activating group) is 1. The number of halogens is 1. The van der Waals surface area contributed by atoms with Crippen molar-refractivity contribution in [3.05, 3.63) is 29.6 Å². The Morgan fingerprint density at radius 2 is 2.18 bits per heavy atom. The van der Waals surface area contributed by atoms with Crippen LogP contribution in [0.4, 0.5) is 4.39 Å². The number of rotatable bonds is 4. The van der Waals surface area contributed by atoms with Gasteiger partial charge in [0.25, 0.3) is 5.91 Å². The van der Waals surface area contributed by atoms with Crippen LogP contribution in [-0.2, 0) is 0 Å². The lowest BCUT2D eigenvalue weighted by atomic mass is 10.1. The molecule has 0 fully saturated rings. The van der Waals surface area contributed by atoms with E-state index in [1.807, 2.05) is 25.9 Å². The van der Waals surface area contributed by atoms with E-state index in [-0.39, 0.29) is 17.4 Å². The van der Waals surface area contributed by atoms with Gasteiger partial charge >= 0.3 is 0 Å².